The molecule has 1 heterocycles. The first-order valence-electron chi connectivity index (χ1n) is 7.22. The van der Waals surface area contributed by atoms with E-state index in [1.807, 2.05) is 4.90 Å². The molecule has 1 saturated carbocycles. The van der Waals surface area contributed by atoms with Crippen LogP contribution < -0.4 is 5.32 Å². The molecule has 1 atom stereocenters. The summed E-state index contributed by atoms with van der Waals surface area (Å²) in [5, 5.41) is 2.94. The number of hydrogen-bond donors (Lipinski definition) is 1. The number of halogens is 3. The molecule has 0 spiro atoms. The molecule has 1 aliphatic heterocycles. The number of benzene rings is 1. The number of amides is 1. The quantitative estimate of drug-likeness (QED) is 0.865. The van der Waals surface area contributed by atoms with Gasteiger partial charge in [-0.15, -0.1) is 0 Å². The third-order valence-electron chi connectivity index (χ3n) is 4.05. The van der Waals surface area contributed by atoms with Gasteiger partial charge in [0.25, 0.3) is 0 Å². The van der Waals surface area contributed by atoms with E-state index in [2.05, 4.69) is 5.32 Å². The molecule has 2 aliphatic rings. The number of carbonyl (C=O) groups is 1. The maximum Gasteiger partial charge on any atom is 0.237 e. The van der Waals surface area contributed by atoms with E-state index in [1.165, 1.54) is 0 Å². The highest BCUT2D eigenvalue weighted by molar-refractivity contribution is 5.82. The van der Waals surface area contributed by atoms with E-state index >= 15 is 0 Å². The molecule has 6 heteroatoms. The minimum Gasteiger partial charge on any atom is -0.352 e. The van der Waals surface area contributed by atoms with Crippen molar-refractivity contribution in [2.75, 3.05) is 6.54 Å². The lowest BCUT2D eigenvalue weighted by Crippen LogP contribution is -2.43. The smallest absolute Gasteiger partial charge is 0.237 e. The number of carbonyl (C=O) groups excluding carboxylic acids is 1. The van der Waals surface area contributed by atoms with Crippen LogP contribution >= 0.6 is 0 Å². The molecule has 1 aromatic rings. The number of likely N-dealkylation sites (tertiary alicyclic amines) is 1. The lowest BCUT2D eigenvalue weighted by Gasteiger charge is -2.24. The van der Waals surface area contributed by atoms with Gasteiger partial charge in [0.2, 0.25) is 5.91 Å². The Hall–Kier alpha value is -1.56. The van der Waals surface area contributed by atoms with Gasteiger partial charge in [-0.1, -0.05) is 0 Å². The Labute approximate surface area is 121 Å². The van der Waals surface area contributed by atoms with Crippen LogP contribution in [-0.2, 0) is 11.3 Å². The molecule has 1 aromatic carbocycles. The van der Waals surface area contributed by atoms with Crippen molar-refractivity contribution in [1.29, 1.82) is 0 Å². The van der Waals surface area contributed by atoms with Crippen molar-refractivity contribution >= 4 is 5.91 Å². The zero-order valence-electron chi connectivity index (χ0n) is 11.5. The third-order valence-corrected chi connectivity index (χ3v) is 4.05. The number of nitrogens with zero attached hydrogens (tertiary/aromatic N) is 1. The molecule has 1 saturated heterocycles. The standard InChI is InChI=1S/C15H17F3N2O/c16-11-7-13(18)12(17)6-9(11)8-20-5-1-2-14(20)15(21)19-10-3-4-10/h6-7,10,14H,1-5,8H2,(H,19,21). The molecule has 0 radical (unpaired) electrons. The number of hydrogen-bond acceptors (Lipinski definition) is 2. The topological polar surface area (TPSA) is 32.3 Å². The van der Waals surface area contributed by atoms with Crippen molar-refractivity contribution in [1.82, 2.24) is 10.2 Å². The van der Waals surface area contributed by atoms with E-state index in [4.69, 9.17) is 0 Å². The molecule has 21 heavy (non-hydrogen) atoms. The number of rotatable bonds is 4. The van der Waals surface area contributed by atoms with Crippen LogP contribution in [0.4, 0.5) is 13.2 Å². The fraction of sp³-hybridized carbons (Fsp3) is 0.533. The third kappa shape index (κ3) is 3.20. The fourth-order valence-corrected chi connectivity index (χ4v) is 2.74. The molecule has 3 nitrogen and oxygen atoms in total. The van der Waals surface area contributed by atoms with Gasteiger partial charge in [0, 0.05) is 24.2 Å². The summed E-state index contributed by atoms with van der Waals surface area (Å²) < 4.78 is 39.9. The number of nitrogens with one attached hydrogen (secondary N) is 1. The summed E-state index contributed by atoms with van der Waals surface area (Å²) in [7, 11) is 0. The van der Waals surface area contributed by atoms with Crippen LogP contribution in [0.2, 0.25) is 0 Å². The molecule has 1 N–H and O–H groups in total. The van der Waals surface area contributed by atoms with E-state index < -0.39 is 17.5 Å². The maximum atomic E-state index is 13.7. The van der Waals surface area contributed by atoms with Crippen LogP contribution in [0.1, 0.15) is 31.2 Å². The zero-order chi connectivity index (χ0) is 15.0. The van der Waals surface area contributed by atoms with E-state index in [9.17, 15) is 18.0 Å². The summed E-state index contributed by atoms with van der Waals surface area (Å²) in [6, 6.07) is 1.40. The first-order chi connectivity index (χ1) is 10.0. The van der Waals surface area contributed by atoms with Gasteiger partial charge in [-0.3, -0.25) is 9.69 Å². The summed E-state index contributed by atoms with van der Waals surface area (Å²) in [6.07, 6.45) is 3.57. The minimum atomic E-state index is -1.19. The summed E-state index contributed by atoms with van der Waals surface area (Å²) in [4.78, 5) is 13.9. The summed E-state index contributed by atoms with van der Waals surface area (Å²) in [5.41, 5.74) is 0.0834. The molecule has 1 amide bonds. The van der Waals surface area contributed by atoms with E-state index in [1.54, 1.807) is 0 Å². The molecule has 3 rings (SSSR count). The predicted molar refractivity (Wildman–Crippen MR) is 70.9 cm³/mol. The highest BCUT2D eigenvalue weighted by atomic mass is 19.2. The van der Waals surface area contributed by atoms with Gasteiger partial charge in [-0.2, -0.15) is 0 Å². The Balaban J connectivity index is 1.70. The van der Waals surface area contributed by atoms with Crippen LogP contribution in [0.3, 0.4) is 0 Å². The highest BCUT2D eigenvalue weighted by Crippen LogP contribution is 2.25. The normalized spacial score (nSPS) is 22.5. The van der Waals surface area contributed by atoms with Crippen LogP contribution in [0.15, 0.2) is 12.1 Å². The van der Waals surface area contributed by atoms with Gasteiger partial charge in [0.05, 0.1) is 6.04 Å². The molecule has 2 fully saturated rings. The second-order valence-electron chi connectivity index (χ2n) is 5.77. The van der Waals surface area contributed by atoms with Gasteiger partial charge < -0.3 is 5.32 Å². The Bertz CT molecular complexity index is 560. The first kappa shape index (κ1) is 14.4. The molecule has 1 unspecified atom stereocenters. The molecular formula is C15H17F3N2O. The highest BCUT2D eigenvalue weighted by Gasteiger charge is 2.34. The molecular weight excluding hydrogens is 281 g/mol. The van der Waals surface area contributed by atoms with Crippen molar-refractivity contribution in [2.24, 2.45) is 0 Å². The monoisotopic (exact) mass is 298 g/mol. The predicted octanol–water partition coefficient (Wildman–Crippen LogP) is 2.35. The van der Waals surface area contributed by atoms with Crippen molar-refractivity contribution in [3.8, 4) is 0 Å². The SMILES string of the molecule is O=C(NC1CC1)C1CCCN1Cc1cc(F)c(F)cc1F. The van der Waals surface area contributed by atoms with Gasteiger partial charge >= 0.3 is 0 Å². The minimum absolute atomic E-state index is 0.0435. The molecule has 0 aromatic heterocycles. The van der Waals surface area contributed by atoms with Crippen molar-refractivity contribution < 1.29 is 18.0 Å². The van der Waals surface area contributed by atoms with Crippen molar-refractivity contribution in [3.63, 3.8) is 0 Å². The largest absolute Gasteiger partial charge is 0.352 e. The Morgan fingerprint density at radius 3 is 2.57 bits per heavy atom. The molecule has 0 bridgehead atoms. The van der Waals surface area contributed by atoms with Crippen LogP contribution in [0.25, 0.3) is 0 Å². The second kappa shape index (κ2) is 5.67. The maximum absolute atomic E-state index is 13.7. The fourth-order valence-electron chi connectivity index (χ4n) is 2.74. The lowest BCUT2D eigenvalue weighted by atomic mass is 10.1. The lowest BCUT2D eigenvalue weighted by molar-refractivity contribution is -0.125. The van der Waals surface area contributed by atoms with Gasteiger partial charge in [0.1, 0.15) is 5.82 Å². The van der Waals surface area contributed by atoms with Crippen molar-refractivity contribution in [3.05, 3.63) is 35.1 Å². The van der Waals surface area contributed by atoms with Gasteiger partial charge in [0.15, 0.2) is 11.6 Å². The van der Waals surface area contributed by atoms with Crippen LogP contribution in [0.5, 0.6) is 0 Å². The Kier molecular flexibility index (Phi) is 3.89. The summed E-state index contributed by atoms with van der Waals surface area (Å²) in [6.45, 7) is 0.771. The second-order valence-corrected chi connectivity index (χ2v) is 5.77. The summed E-state index contributed by atoms with van der Waals surface area (Å²) >= 11 is 0. The zero-order valence-corrected chi connectivity index (χ0v) is 11.5. The van der Waals surface area contributed by atoms with E-state index in [0.717, 1.165) is 25.3 Å². The van der Waals surface area contributed by atoms with E-state index in [0.29, 0.717) is 19.0 Å². The van der Waals surface area contributed by atoms with Gasteiger partial charge in [-0.25, -0.2) is 13.2 Å². The average molecular weight is 298 g/mol. The Morgan fingerprint density at radius 1 is 1.14 bits per heavy atom. The average Bonchev–Trinajstić information content (AvgIpc) is 3.12. The summed E-state index contributed by atoms with van der Waals surface area (Å²) in [5.74, 6) is -3.08. The van der Waals surface area contributed by atoms with Gasteiger partial charge in [-0.05, 0) is 38.3 Å². The van der Waals surface area contributed by atoms with Crippen molar-refractivity contribution in [2.45, 2.75) is 44.3 Å². The first-order valence-corrected chi connectivity index (χ1v) is 7.22. The van der Waals surface area contributed by atoms with Crippen LogP contribution in [-0.4, -0.2) is 29.4 Å². The molecule has 114 valence electrons. The molecule has 1 aliphatic carbocycles. The van der Waals surface area contributed by atoms with E-state index in [-0.39, 0.29) is 30.1 Å². The Morgan fingerprint density at radius 2 is 1.86 bits per heavy atom. The van der Waals surface area contributed by atoms with Crippen LogP contribution in [0, 0.1) is 17.5 Å².